The van der Waals surface area contributed by atoms with E-state index in [1.54, 1.807) is 13.3 Å². The Morgan fingerprint density at radius 2 is 1.90 bits per heavy atom. The molecule has 1 unspecified atom stereocenters. The van der Waals surface area contributed by atoms with Gasteiger partial charge in [0.2, 0.25) is 0 Å². The highest BCUT2D eigenvalue weighted by Gasteiger charge is 2.20. The van der Waals surface area contributed by atoms with Gasteiger partial charge in [0.25, 0.3) is 0 Å². The first-order valence-electron chi connectivity index (χ1n) is 7.33. The molecule has 2 rings (SSSR count). The fourth-order valence-corrected chi connectivity index (χ4v) is 2.50. The van der Waals surface area contributed by atoms with Crippen molar-refractivity contribution in [1.29, 1.82) is 0 Å². The van der Waals surface area contributed by atoms with Gasteiger partial charge in [-0.3, -0.25) is 4.98 Å². The zero-order valence-corrected chi connectivity index (χ0v) is 12.7. The van der Waals surface area contributed by atoms with E-state index in [4.69, 9.17) is 4.74 Å². The maximum Gasteiger partial charge on any atom is 0.118 e. The molecule has 3 nitrogen and oxygen atoms in total. The normalized spacial score (nSPS) is 13.7. The van der Waals surface area contributed by atoms with Crippen molar-refractivity contribution < 1.29 is 9.84 Å². The molecule has 0 saturated heterocycles. The maximum absolute atomic E-state index is 10.5. The Hall–Kier alpha value is -1.87. The van der Waals surface area contributed by atoms with Crippen LogP contribution in [-0.4, -0.2) is 22.8 Å². The summed E-state index contributed by atoms with van der Waals surface area (Å²) in [5.41, 5.74) is 1.66. The van der Waals surface area contributed by atoms with E-state index in [2.05, 4.69) is 17.1 Å². The number of nitrogens with zero attached hydrogens (tertiary/aromatic N) is 1. The van der Waals surface area contributed by atoms with E-state index in [0.29, 0.717) is 6.42 Å². The van der Waals surface area contributed by atoms with Crippen LogP contribution in [-0.2, 0) is 12.8 Å². The molecule has 0 aliphatic heterocycles. The molecule has 0 fully saturated rings. The van der Waals surface area contributed by atoms with Gasteiger partial charge >= 0.3 is 0 Å². The zero-order chi connectivity index (χ0) is 15.1. The van der Waals surface area contributed by atoms with Gasteiger partial charge in [0, 0.05) is 18.8 Å². The van der Waals surface area contributed by atoms with Crippen LogP contribution < -0.4 is 4.74 Å². The lowest BCUT2D eigenvalue weighted by atomic mass is 9.91. The van der Waals surface area contributed by atoms with Crippen molar-refractivity contribution in [1.82, 2.24) is 4.98 Å². The third-order valence-corrected chi connectivity index (χ3v) is 3.65. The molecule has 1 aromatic heterocycles. The van der Waals surface area contributed by atoms with Crippen LogP contribution in [0.3, 0.4) is 0 Å². The van der Waals surface area contributed by atoms with Gasteiger partial charge in [-0.15, -0.1) is 0 Å². The number of ether oxygens (including phenoxy) is 1. The molecule has 112 valence electrons. The average Bonchev–Trinajstić information content (AvgIpc) is 2.48. The third-order valence-electron chi connectivity index (χ3n) is 3.65. The summed E-state index contributed by atoms with van der Waals surface area (Å²) in [5, 5.41) is 10.5. The first-order chi connectivity index (χ1) is 10.1. The highest BCUT2D eigenvalue weighted by molar-refractivity contribution is 5.27. The van der Waals surface area contributed by atoms with E-state index in [0.717, 1.165) is 30.6 Å². The van der Waals surface area contributed by atoms with Crippen molar-refractivity contribution in [3.8, 4) is 5.75 Å². The van der Waals surface area contributed by atoms with E-state index < -0.39 is 5.60 Å². The van der Waals surface area contributed by atoms with Crippen LogP contribution in [0.25, 0.3) is 0 Å². The fourth-order valence-electron chi connectivity index (χ4n) is 2.50. The second kappa shape index (κ2) is 7.23. The predicted molar refractivity (Wildman–Crippen MR) is 84.5 cm³/mol. The lowest BCUT2D eigenvalue weighted by molar-refractivity contribution is 0.0492. The summed E-state index contributed by atoms with van der Waals surface area (Å²) in [5.74, 6) is 0.877. The van der Waals surface area contributed by atoms with E-state index in [-0.39, 0.29) is 0 Å². The van der Waals surface area contributed by atoms with Crippen molar-refractivity contribution in [3.63, 3.8) is 0 Å². The van der Waals surface area contributed by atoms with Crippen molar-refractivity contribution in [2.24, 2.45) is 0 Å². The second-order valence-corrected chi connectivity index (χ2v) is 5.74. The summed E-state index contributed by atoms with van der Waals surface area (Å²) in [6.45, 7) is 1.90. The van der Waals surface area contributed by atoms with Crippen LogP contribution in [0, 0.1) is 0 Å². The van der Waals surface area contributed by atoms with Gasteiger partial charge < -0.3 is 9.84 Å². The van der Waals surface area contributed by atoms with Crippen LogP contribution in [0.15, 0.2) is 48.8 Å². The Kier molecular flexibility index (Phi) is 5.34. The van der Waals surface area contributed by atoms with Crippen LogP contribution >= 0.6 is 0 Å². The van der Waals surface area contributed by atoms with Crippen LogP contribution in [0.2, 0.25) is 0 Å². The maximum atomic E-state index is 10.5. The largest absolute Gasteiger partial charge is 0.497 e. The Labute approximate surface area is 126 Å². The minimum atomic E-state index is -0.685. The van der Waals surface area contributed by atoms with Crippen LogP contribution in [0.1, 0.15) is 30.9 Å². The van der Waals surface area contributed by atoms with Crippen molar-refractivity contribution >= 4 is 0 Å². The monoisotopic (exact) mass is 285 g/mol. The summed E-state index contributed by atoms with van der Waals surface area (Å²) < 4.78 is 5.15. The minimum Gasteiger partial charge on any atom is -0.497 e. The van der Waals surface area contributed by atoms with E-state index >= 15 is 0 Å². The molecule has 1 N–H and O–H groups in total. The molecule has 3 heteroatoms. The van der Waals surface area contributed by atoms with E-state index in [9.17, 15) is 5.11 Å². The van der Waals surface area contributed by atoms with Gasteiger partial charge in [-0.1, -0.05) is 18.2 Å². The van der Waals surface area contributed by atoms with Gasteiger partial charge in [-0.25, -0.2) is 0 Å². The highest BCUT2D eigenvalue weighted by Crippen LogP contribution is 2.20. The van der Waals surface area contributed by atoms with Crippen LogP contribution in [0.5, 0.6) is 5.75 Å². The number of hydrogen-bond donors (Lipinski definition) is 1. The SMILES string of the molecule is COc1ccc(CCCC(C)(O)Cc2cccnc2)cc1. The smallest absolute Gasteiger partial charge is 0.118 e. The first-order valence-corrected chi connectivity index (χ1v) is 7.33. The van der Waals surface area contributed by atoms with E-state index in [1.807, 2.05) is 37.4 Å². The standard InChI is InChI=1S/C18H23NO2/c1-18(20,13-16-6-4-12-19-14-16)11-3-5-15-7-9-17(21-2)10-8-15/h4,6-10,12,14,20H,3,5,11,13H2,1-2H3. The Morgan fingerprint density at radius 1 is 1.14 bits per heavy atom. The van der Waals surface area contributed by atoms with Gasteiger partial charge in [0.1, 0.15) is 5.75 Å². The van der Waals surface area contributed by atoms with Gasteiger partial charge in [0.05, 0.1) is 12.7 Å². The summed E-state index contributed by atoms with van der Waals surface area (Å²) in [7, 11) is 1.67. The Balaban J connectivity index is 1.81. The zero-order valence-electron chi connectivity index (χ0n) is 12.7. The molecule has 0 radical (unpaired) electrons. The van der Waals surface area contributed by atoms with Gasteiger partial charge in [-0.05, 0) is 55.5 Å². The number of benzene rings is 1. The lowest BCUT2D eigenvalue weighted by Gasteiger charge is -2.23. The number of aliphatic hydroxyl groups is 1. The summed E-state index contributed by atoms with van der Waals surface area (Å²) in [6, 6.07) is 12.0. The number of aryl methyl sites for hydroxylation is 1. The second-order valence-electron chi connectivity index (χ2n) is 5.74. The third kappa shape index (κ3) is 5.20. The topological polar surface area (TPSA) is 42.4 Å². The van der Waals surface area contributed by atoms with Crippen molar-refractivity contribution in [2.75, 3.05) is 7.11 Å². The number of methoxy groups -OCH3 is 1. The molecular formula is C18H23NO2. The highest BCUT2D eigenvalue weighted by atomic mass is 16.5. The van der Waals surface area contributed by atoms with Crippen LogP contribution in [0.4, 0.5) is 0 Å². The molecule has 0 saturated carbocycles. The van der Waals surface area contributed by atoms with Crippen molar-refractivity contribution in [2.45, 2.75) is 38.2 Å². The number of pyridine rings is 1. The summed E-state index contributed by atoms with van der Waals surface area (Å²) in [6.07, 6.45) is 6.91. The fraction of sp³-hybridized carbons (Fsp3) is 0.389. The summed E-state index contributed by atoms with van der Waals surface area (Å²) >= 11 is 0. The average molecular weight is 285 g/mol. The molecule has 0 amide bonds. The molecule has 21 heavy (non-hydrogen) atoms. The molecule has 1 atom stereocenters. The molecule has 0 spiro atoms. The van der Waals surface area contributed by atoms with Crippen molar-refractivity contribution in [3.05, 3.63) is 59.9 Å². The molecule has 1 aromatic carbocycles. The summed E-state index contributed by atoms with van der Waals surface area (Å²) in [4.78, 5) is 4.09. The Bertz CT molecular complexity index is 535. The molecule has 2 aromatic rings. The van der Waals surface area contributed by atoms with Gasteiger partial charge in [-0.2, -0.15) is 0 Å². The number of aromatic nitrogens is 1. The lowest BCUT2D eigenvalue weighted by Crippen LogP contribution is -2.27. The molecule has 0 aliphatic carbocycles. The van der Waals surface area contributed by atoms with E-state index in [1.165, 1.54) is 5.56 Å². The minimum absolute atomic E-state index is 0.642. The number of rotatable bonds is 7. The predicted octanol–water partition coefficient (Wildman–Crippen LogP) is 3.41. The molecule has 1 heterocycles. The molecule has 0 bridgehead atoms. The quantitative estimate of drug-likeness (QED) is 0.847. The molecular weight excluding hydrogens is 262 g/mol. The number of hydrogen-bond acceptors (Lipinski definition) is 3. The molecule has 0 aliphatic rings. The van der Waals surface area contributed by atoms with Gasteiger partial charge in [0.15, 0.2) is 0 Å². The first kappa shape index (κ1) is 15.5. The Morgan fingerprint density at radius 3 is 2.52 bits per heavy atom.